The molecule has 0 amide bonds. The van der Waals surface area contributed by atoms with Crippen molar-refractivity contribution in [1.29, 1.82) is 0 Å². The molecule has 0 aliphatic heterocycles. The molecule has 0 spiro atoms. The van der Waals surface area contributed by atoms with E-state index in [4.69, 9.17) is 9.84 Å². The summed E-state index contributed by atoms with van der Waals surface area (Å²) < 4.78 is 31.4. The van der Waals surface area contributed by atoms with Gasteiger partial charge in [0.15, 0.2) is 0 Å². The first-order valence-electron chi connectivity index (χ1n) is 5.55. The zero-order valence-electron chi connectivity index (χ0n) is 10.8. The van der Waals surface area contributed by atoms with E-state index in [-0.39, 0.29) is 18.0 Å². The van der Waals surface area contributed by atoms with Gasteiger partial charge in [0.05, 0.1) is 12.0 Å². The molecule has 0 fully saturated rings. The van der Waals surface area contributed by atoms with Gasteiger partial charge in [-0.05, 0) is 24.3 Å². The molecule has 1 aromatic rings. The van der Waals surface area contributed by atoms with Crippen LogP contribution in [0.25, 0.3) is 0 Å². The monoisotopic (exact) mass is 273 g/mol. The second-order valence-corrected chi connectivity index (χ2v) is 6.59. The smallest absolute Gasteiger partial charge is 0.240 e. The molecule has 1 rings (SSSR count). The molecular weight excluding hydrogens is 254 g/mol. The minimum Gasteiger partial charge on any atom is -0.497 e. The molecule has 0 aliphatic carbocycles. The number of benzene rings is 1. The van der Waals surface area contributed by atoms with Crippen molar-refractivity contribution in [2.24, 2.45) is 5.41 Å². The maximum atomic E-state index is 12.0. The van der Waals surface area contributed by atoms with Crippen LogP contribution in [-0.4, -0.2) is 33.8 Å². The molecule has 0 unspecified atom stereocenters. The lowest BCUT2D eigenvalue weighted by atomic mass is 9.96. The maximum absolute atomic E-state index is 12.0. The number of hydrogen-bond acceptors (Lipinski definition) is 4. The molecule has 1 aromatic carbocycles. The van der Waals surface area contributed by atoms with Crippen molar-refractivity contribution in [2.75, 3.05) is 20.3 Å². The van der Waals surface area contributed by atoms with Crippen molar-refractivity contribution < 1.29 is 18.3 Å². The third-order valence-electron chi connectivity index (χ3n) is 2.54. The molecule has 6 heteroatoms. The van der Waals surface area contributed by atoms with E-state index in [0.717, 1.165) is 0 Å². The van der Waals surface area contributed by atoms with Crippen molar-refractivity contribution in [1.82, 2.24) is 4.72 Å². The molecule has 102 valence electrons. The standard InChI is InChI=1S/C12H19NO4S/c1-12(2,9-14)8-13-18(15,16)11-6-4-10(17-3)5-7-11/h4-7,13-14H,8-9H2,1-3H3. The van der Waals surface area contributed by atoms with Gasteiger partial charge in [-0.25, -0.2) is 13.1 Å². The third kappa shape index (κ3) is 3.97. The van der Waals surface area contributed by atoms with E-state index >= 15 is 0 Å². The Kier molecular flexibility index (Phi) is 4.72. The van der Waals surface area contributed by atoms with E-state index in [1.807, 2.05) is 0 Å². The van der Waals surface area contributed by atoms with Gasteiger partial charge in [-0.2, -0.15) is 0 Å². The molecule has 0 radical (unpaired) electrons. The van der Waals surface area contributed by atoms with Gasteiger partial charge in [-0.15, -0.1) is 0 Å². The number of aliphatic hydroxyl groups excluding tert-OH is 1. The zero-order chi connectivity index (χ0) is 13.8. The first-order chi connectivity index (χ1) is 8.30. The van der Waals surface area contributed by atoms with E-state index in [9.17, 15) is 8.42 Å². The summed E-state index contributed by atoms with van der Waals surface area (Å²) in [5, 5.41) is 9.08. The lowest BCUT2D eigenvalue weighted by molar-refractivity contribution is 0.163. The first-order valence-corrected chi connectivity index (χ1v) is 7.04. The fourth-order valence-corrected chi connectivity index (χ4v) is 2.43. The SMILES string of the molecule is COc1ccc(S(=O)(=O)NCC(C)(C)CO)cc1. The number of aliphatic hydroxyl groups is 1. The quantitative estimate of drug-likeness (QED) is 0.810. The first kappa shape index (κ1) is 14.9. The average Bonchev–Trinajstić information content (AvgIpc) is 2.37. The van der Waals surface area contributed by atoms with Crippen molar-refractivity contribution >= 4 is 10.0 Å². The zero-order valence-corrected chi connectivity index (χ0v) is 11.6. The minimum absolute atomic E-state index is 0.0852. The van der Waals surface area contributed by atoms with E-state index in [2.05, 4.69) is 4.72 Å². The lowest BCUT2D eigenvalue weighted by Gasteiger charge is -2.21. The highest BCUT2D eigenvalue weighted by molar-refractivity contribution is 7.89. The Morgan fingerprint density at radius 2 is 1.83 bits per heavy atom. The Labute approximate surface area is 108 Å². The summed E-state index contributed by atoms with van der Waals surface area (Å²) in [7, 11) is -2.03. The van der Waals surface area contributed by atoms with Gasteiger partial charge in [-0.3, -0.25) is 0 Å². The number of ether oxygens (including phenoxy) is 1. The van der Waals surface area contributed by atoms with Crippen LogP contribution >= 0.6 is 0 Å². The Morgan fingerprint density at radius 3 is 2.28 bits per heavy atom. The Bertz CT molecular complexity index is 479. The van der Waals surface area contributed by atoms with E-state index in [1.165, 1.54) is 19.2 Å². The second kappa shape index (κ2) is 5.69. The summed E-state index contributed by atoms with van der Waals surface area (Å²) in [6.45, 7) is 3.66. The number of sulfonamides is 1. The lowest BCUT2D eigenvalue weighted by Crippen LogP contribution is -2.36. The van der Waals surface area contributed by atoms with Crippen LogP contribution < -0.4 is 9.46 Å². The fourth-order valence-electron chi connectivity index (χ4n) is 1.18. The summed E-state index contributed by atoms with van der Waals surface area (Å²) >= 11 is 0. The van der Waals surface area contributed by atoms with Crippen LogP contribution in [0.2, 0.25) is 0 Å². The van der Waals surface area contributed by atoms with Crippen LogP contribution in [-0.2, 0) is 10.0 Å². The second-order valence-electron chi connectivity index (χ2n) is 4.82. The van der Waals surface area contributed by atoms with Gasteiger partial charge in [-0.1, -0.05) is 13.8 Å². The third-order valence-corrected chi connectivity index (χ3v) is 3.96. The molecule has 0 saturated carbocycles. The van der Waals surface area contributed by atoms with Gasteiger partial charge in [0, 0.05) is 18.6 Å². The van der Waals surface area contributed by atoms with Crippen LogP contribution in [0.5, 0.6) is 5.75 Å². The van der Waals surface area contributed by atoms with E-state index in [1.54, 1.807) is 26.0 Å². The van der Waals surface area contributed by atoms with Crippen molar-refractivity contribution in [3.05, 3.63) is 24.3 Å². The van der Waals surface area contributed by atoms with Crippen LogP contribution in [0.4, 0.5) is 0 Å². The van der Waals surface area contributed by atoms with Crippen LogP contribution in [0.1, 0.15) is 13.8 Å². The van der Waals surface area contributed by atoms with Gasteiger partial charge < -0.3 is 9.84 Å². The van der Waals surface area contributed by atoms with E-state index in [0.29, 0.717) is 5.75 Å². The fraction of sp³-hybridized carbons (Fsp3) is 0.500. The molecule has 5 nitrogen and oxygen atoms in total. The molecule has 0 bridgehead atoms. The molecule has 0 aromatic heterocycles. The normalized spacial score (nSPS) is 12.4. The molecule has 0 aliphatic rings. The number of hydrogen-bond donors (Lipinski definition) is 2. The van der Waals surface area contributed by atoms with Gasteiger partial charge >= 0.3 is 0 Å². The van der Waals surface area contributed by atoms with Crippen molar-refractivity contribution in [3.63, 3.8) is 0 Å². The minimum atomic E-state index is -3.55. The summed E-state index contributed by atoms with van der Waals surface area (Å²) in [5.74, 6) is 0.602. The number of nitrogens with one attached hydrogen (secondary N) is 1. The van der Waals surface area contributed by atoms with Crippen LogP contribution in [0.3, 0.4) is 0 Å². The maximum Gasteiger partial charge on any atom is 0.240 e. The van der Waals surface area contributed by atoms with Crippen LogP contribution in [0, 0.1) is 5.41 Å². The van der Waals surface area contributed by atoms with E-state index < -0.39 is 15.4 Å². The number of methoxy groups -OCH3 is 1. The summed E-state index contributed by atoms with van der Waals surface area (Å²) in [5.41, 5.74) is -0.487. The Morgan fingerprint density at radius 1 is 1.28 bits per heavy atom. The number of rotatable bonds is 6. The van der Waals surface area contributed by atoms with Gasteiger partial charge in [0.1, 0.15) is 5.75 Å². The van der Waals surface area contributed by atoms with Gasteiger partial charge in [0.25, 0.3) is 0 Å². The molecule has 0 atom stereocenters. The summed E-state index contributed by atoms with van der Waals surface area (Å²) in [6, 6.07) is 6.14. The molecule has 0 saturated heterocycles. The average molecular weight is 273 g/mol. The summed E-state index contributed by atoms with van der Waals surface area (Å²) in [6.07, 6.45) is 0. The molecular formula is C12H19NO4S. The highest BCUT2D eigenvalue weighted by atomic mass is 32.2. The van der Waals surface area contributed by atoms with Crippen molar-refractivity contribution in [3.8, 4) is 5.75 Å². The topological polar surface area (TPSA) is 75.6 Å². The molecule has 2 N–H and O–H groups in total. The van der Waals surface area contributed by atoms with Crippen LogP contribution in [0.15, 0.2) is 29.2 Å². The summed E-state index contributed by atoms with van der Waals surface area (Å²) in [4.78, 5) is 0.178. The predicted molar refractivity (Wildman–Crippen MR) is 69.0 cm³/mol. The Balaban J connectivity index is 2.80. The highest BCUT2D eigenvalue weighted by Gasteiger charge is 2.21. The highest BCUT2D eigenvalue weighted by Crippen LogP contribution is 2.17. The molecule has 18 heavy (non-hydrogen) atoms. The Hall–Kier alpha value is -1.11. The van der Waals surface area contributed by atoms with Gasteiger partial charge in [0.2, 0.25) is 10.0 Å². The predicted octanol–water partition coefficient (Wildman–Crippen LogP) is 0.992. The largest absolute Gasteiger partial charge is 0.497 e. The molecule has 0 heterocycles. The van der Waals surface area contributed by atoms with Crippen molar-refractivity contribution in [2.45, 2.75) is 18.7 Å².